The van der Waals surface area contributed by atoms with E-state index in [4.69, 9.17) is 21.1 Å². The van der Waals surface area contributed by atoms with Gasteiger partial charge in [0, 0.05) is 5.56 Å². The van der Waals surface area contributed by atoms with Crippen LogP contribution in [0.1, 0.15) is 48.7 Å². The lowest BCUT2D eigenvalue weighted by molar-refractivity contribution is -0.137. The number of carbonyl (C=O) groups excluding carboxylic acids is 1. The summed E-state index contributed by atoms with van der Waals surface area (Å²) in [4.78, 5) is 12.1. The number of nitrogens with zero attached hydrogens (tertiary/aromatic N) is 1. The highest BCUT2D eigenvalue weighted by atomic mass is 35.5. The van der Waals surface area contributed by atoms with Crippen LogP contribution in [-0.2, 0) is 6.18 Å². The molecule has 30 heavy (non-hydrogen) atoms. The number of rotatable bonds is 8. The van der Waals surface area contributed by atoms with Crippen LogP contribution in [-0.4, -0.2) is 24.8 Å². The van der Waals surface area contributed by atoms with E-state index in [1.54, 1.807) is 12.1 Å². The van der Waals surface area contributed by atoms with Crippen molar-refractivity contribution in [2.45, 2.75) is 39.5 Å². The third-order valence-electron chi connectivity index (χ3n) is 4.06. The highest BCUT2D eigenvalue weighted by Crippen LogP contribution is 2.37. The van der Waals surface area contributed by atoms with E-state index in [9.17, 15) is 18.0 Å². The van der Waals surface area contributed by atoms with E-state index >= 15 is 0 Å². The standard InChI is InChI=1S/C21H22ClF3N2O3/c1-4-13(3)30-19-17(22)9-14(10-18(19)29-5-2)12-26-27-20(28)15-7-6-8-16(11-15)21(23,24)25/h6-13H,4-5H2,1-3H3,(H,27,28)/b26-12-/t13-/m1/s1. The molecule has 0 aromatic heterocycles. The summed E-state index contributed by atoms with van der Waals surface area (Å²) in [6.45, 7) is 6.09. The Labute approximate surface area is 177 Å². The topological polar surface area (TPSA) is 59.9 Å². The van der Waals surface area contributed by atoms with Crippen LogP contribution >= 0.6 is 11.6 Å². The Kier molecular flexibility index (Phi) is 8.11. The number of nitrogens with one attached hydrogen (secondary N) is 1. The Bertz CT molecular complexity index is 917. The van der Waals surface area contributed by atoms with E-state index < -0.39 is 17.6 Å². The molecule has 5 nitrogen and oxygen atoms in total. The fourth-order valence-electron chi connectivity index (χ4n) is 2.39. The molecule has 0 aliphatic rings. The smallest absolute Gasteiger partial charge is 0.416 e. The Hall–Kier alpha value is -2.74. The molecule has 2 aromatic rings. The summed E-state index contributed by atoms with van der Waals surface area (Å²) in [5.74, 6) is 0.0687. The molecule has 0 fully saturated rings. The van der Waals surface area contributed by atoms with Crippen LogP contribution in [0.15, 0.2) is 41.5 Å². The van der Waals surface area contributed by atoms with Crippen molar-refractivity contribution in [3.05, 3.63) is 58.1 Å². The summed E-state index contributed by atoms with van der Waals surface area (Å²) < 4.78 is 49.7. The number of hydrogen-bond donors (Lipinski definition) is 1. The van der Waals surface area contributed by atoms with Crippen molar-refractivity contribution in [3.63, 3.8) is 0 Å². The van der Waals surface area contributed by atoms with Crippen molar-refractivity contribution in [2.75, 3.05) is 6.61 Å². The molecule has 1 atom stereocenters. The van der Waals surface area contributed by atoms with Crippen molar-refractivity contribution in [1.82, 2.24) is 5.43 Å². The van der Waals surface area contributed by atoms with Crippen LogP contribution in [0, 0.1) is 0 Å². The average molecular weight is 443 g/mol. The molecule has 0 radical (unpaired) electrons. The Morgan fingerprint density at radius 1 is 1.27 bits per heavy atom. The van der Waals surface area contributed by atoms with Gasteiger partial charge >= 0.3 is 6.18 Å². The summed E-state index contributed by atoms with van der Waals surface area (Å²) >= 11 is 6.31. The van der Waals surface area contributed by atoms with Crippen LogP contribution in [0.3, 0.4) is 0 Å². The second kappa shape index (κ2) is 10.3. The minimum Gasteiger partial charge on any atom is -0.490 e. The normalized spacial score (nSPS) is 12.6. The summed E-state index contributed by atoms with van der Waals surface area (Å²) in [5.41, 5.74) is 1.65. The molecule has 0 aliphatic carbocycles. The molecule has 0 saturated carbocycles. The highest BCUT2D eigenvalue weighted by molar-refractivity contribution is 6.32. The van der Waals surface area contributed by atoms with Gasteiger partial charge in [-0.05, 0) is 56.2 Å². The monoisotopic (exact) mass is 442 g/mol. The maximum Gasteiger partial charge on any atom is 0.416 e. The first-order valence-electron chi connectivity index (χ1n) is 9.29. The van der Waals surface area contributed by atoms with Crippen molar-refractivity contribution in [3.8, 4) is 11.5 Å². The van der Waals surface area contributed by atoms with Crippen molar-refractivity contribution in [1.29, 1.82) is 0 Å². The van der Waals surface area contributed by atoms with E-state index in [1.807, 2.05) is 20.8 Å². The second-order valence-electron chi connectivity index (χ2n) is 6.38. The van der Waals surface area contributed by atoms with Gasteiger partial charge < -0.3 is 9.47 Å². The average Bonchev–Trinajstić information content (AvgIpc) is 2.70. The molecule has 0 bridgehead atoms. The molecule has 0 aliphatic heterocycles. The fourth-order valence-corrected chi connectivity index (χ4v) is 2.65. The zero-order valence-corrected chi connectivity index (χ0v) is 17.5. The minimum atomic E-state index is -4.54. The number of hydrogen-bond acceptors (Lipinski definition) is 4. The van der Waals surface area contributed by atoms with Gasteiger partial charge in [0.05, 0.1) is 29.5 Å². The second-order valence-corrected chi connectivity index (χ2v) is 6.78. The van der Waals surface area contributed by atoms with Crippen molar-refractivity contribution < 1.29 is 27.4 Å². The lowest BCUT2D eigenvalue weighted by Gasteiger charge is -2.18. The zero-order chi connectivity index (χ0) is 22.3. The summed E-state index contributed by atoms with van der Waals surface area (Å²) in [6, 6.07) is 7.31. The maximum absolute atomic E-state index is 12.8. The number of amides is 1. The minimum absolute atomic E-state index is 0.0621. The summed E-state index contributed by atoms with van der Waals surface area (Å²) in [6.07, 6.45) is -2.50. The van der Waals surface area contributed by atoms with Gasteiger partial charge in [0.2, 0.25) is 0 Å². The maximum atomic E-state index is 12.8. The highest BCUT2D eigenvalue weighted by Gasteiger charge is 2.30. The van der Waals surface area contributed by atoms with Crippen molar-refractivity contribution in [2.24, 2.45) is 5.10 Å². The zero-order valence-electron chi connectivity index (χ0n) is 16.7. The van der Waals surface area contributed by atoms with Gasteiger partial charge in [-0.3, -0.25) is 4.79 Å². The molecule has 2 aromatic carbocycles. The van der Waals surface area contributed by atoms with E-state index in [2.05, 4.69) is 10.5 Å². The number of alkyl halides is 3. The SMILES string of the molecule is CCOc1cc(/C=N\NC(=O)c2cccc(C(F)(F)F)c2)cc(Cl)c1O[C@H](C)CC. The molecule has 0 unspecified atom stereocenters. The Morgan fingerprint density at radius 2 is 2.00 bits per heavy atom. The van der Waals surface area contributed by atoms with Gasteiger partial charge in [-0.2, -0.15) is 18.3 Å². The number of benzene rings is 2. The van der Waals surface area contributed by atoms with E-state index in [-0.39, 0.29) is 11.7 Å². The van der Waals surface area contributed by atoms with Crippen LogP contribution in [0.25, 0.3) is 0 Å². The van der Waals surface area contributed by atoms with Gasteiger partial charge in [0.15, 0.2) is 11.5 Å². The fraction of sp³-hybridized carbons (Fsp3) is 0.333. The van der Waals surface area contributed by atoms with Gasteiger partial charge in [-0.25, -0.2) is 5.43 Å². The molecular weight excluding hydrogens is 421 g/mol. The molecule has 162 valence electrons. The molecule has 1 N–H and O–H groups in total. The van der Waals surface area contributed by atoms with E-state index in [1.165, 1.54) is 12.3 Å². The quantitative estimate of drug-likeness (QED) is 0.421. The third kappa shape index (κ3) is 6.38. The van der Waals surface area contributed by atoms with Crippen LogP contribution in [0.4, 0.5) is 13.2 Å². The van der Waals surface area contributed by atoms with Crippen LogP contribution in [0.2, 0.25) is 5.02 Å². The molecular formula is C21H22ClF3N2O3. The molecule has 1 amide bonds. The lowest BCUT2D eigenvalue weighted by atomic mass is 10.1. The Morgan fingerprint density at radius 3 is 2.63 bits per heavy atom. The van der Waals surface area contributed by atoms with E-state index in [0.29, 0.717) is 28.7 Å². The first-order chi connectivity index (χ1) is 14.2. The lowest BCUT2D eigenvalue weighted by Crippen LogP contribution is -2.18. The van der Waals surface area contributed by atoms with Crippen LogP contribution in [0.5, 0.6) is 11.5 Å². The summed E-state index contributed by atoms with van der Waals surface area (Å²) in [5, 5.41) is 4.11. The first kappa shape index (κ1) is 23.5. The summed E-state index contributed by atoms with van der Waals surface area (Å²) in [7, 11) is 0. The van der Waals surface area contributed by atoms with Crippen molar-refractivity contribution >= 4 is 23.7 Å². The molecule has 0 heterocycles. The third-order valence-corrected chi connectivity index (χ3v) is 4.34. The number of halogens is 4. The Balaban J connectivity index is 2.17. The number of carbonyl (C=O) groups is 1. The molecule has 0 saturated heterocycles. The molecule has 0 spiro atoms. The van der Waals surface area contributed by atoms with Gasteiger partial charge in [0.1, 0.15) is 0 Å². The van der Waals surface area contributed by atoms with E-state index in [0.717, 1.165) is 24.6 Å². The predicted octanol–water partition coefficient (Wildman–Crippen LogP) is 5.70. The van der Waals surface area contributed by atoms with Gasteiger partial charge in [0.25, 0.3) is 5.91 Å². The number of hydrazone groups is 1. The van der Waals surface area contributed by atoms with Gasteiger partial charge in [-0.1, -0.05) is 24.6 Å². The van der Waals surface area contributed by atoms with Gasteiger partial charge in [-0.15, -0.1) is 0 Å². The number of ether oxygens (including phenoxy) is 2. The first-order valence-corrected chi connectivity index (χ1v) is 9.67. The van der Waals surface area contributed by atoms with Crippen LogP contribution < -0.4 is 14.9 Å². The molecule has 9 heteroatoms. The largest absolute Gasteiger partial charge is 0.490 e. The predicted molar refractivity (Wildman–Crippen MR) is 110 cm³/mol. The molecule has 2 rings (SSSR count).